The highest BCUT2D eigenvalue weighted by molar-refractivity contribution is 5.96. The lowest BCUT2D eigenvalue weighted by Gasteiger charge is -2.34. The predicted octanol–water partition coefficient (Wildman–Crippen LogP) is -0.253. The molecule has 21 heavy (non-hydrogen) atoms. The van der Waals surface area contributed by atoms with Crippen LogP contribution in [0.4, 0.5) is 0 Å². The zero-order chi connectivity index (χ0) is 15.1. The Labute approximate surface area is 125 Å². The molecule has 0 spiro atoms. The van der Waals surface area contributed by atoms with Crippen molar-refractivity contribution in [2.24, 2.45) is 5.73 Å². The molecule has 5 nitrogen and oxygen atoms in total. The van der Waals surface area contributed by atoms with Gasteiger partial charge in [0.05, 0.1) is 18.7 Å². The van der Waals surface area contributed by atoms with Gasteiger partial charge in [-0.05, 0) is 12.1 Å². The van der Waals surface area contributed by atoms with Crippen LogP contribution in [0, 0.1) is 11.8 Å². The van der Waals surface area contributed by atoms with Crippen LogP contribution in [-0.2, 0) is 0 Å². The number of amides is 1. The summed E-state index contributed by atoms with van der Waals surface area (Å²) in [6.45, 7) is 4.05. The van der Waals surface area contributed by atoms with Crippen molar-refractivity contribution in [3.8, 4) is 11.8 Å². The maximum absolute atomic E-state index is 12.6. The van der Waals surface area contributed by atoms with Crippen LogP contribution in [0.3, 0.4) is 0 Å². The second-order valence-electron chi connectivity index (χ2n) is 4.91. The van der Waals surface area contributed by atoms with Gasteiger partial charge in [0.25, 0.3) is 5.91 Å². The molecule has 0 bridgehead atoms. The molecular formula is C16H21N3O2. The SMILES string of the molecule is NCC#Cc1ccccc1C(=O)N1CCN(CCO)CC1. The second-order valence-corrected chi connectivity index (χ2v) is 4.91. The number of hydrogen-bond donors (Lipinski definition) is 2. The van der Waals surface area contributed by atoms with Crippen LogP contribution in [0.25, 0.3) is 0 Å². The number of nitrogens with zero attached hydrogens (tertiary/aromatic N) is 2. The fraction of sp³-hybridized carbons (Fsp3) is 0.438. The van der Waals surface area contributed by atoms with E-state index in [1.54, 1.807) is 0 Å². The van der Waals surface area contributed by atoms with E-state index < -0.39 is 0 Å². The highest BCUT2D eigenvalue weighted by atomic mass is 16.3. The van der Waals surface area contributed by atoms with E-state index >= 15 is 0 Å². The van der Waals surface area contributed by atoms with Crippen molar-refractivity contribution in [3.63, 3.8) is 0 Å². The van der Waals surface area contributed by atoms with Crippen LogP contribution < -0.4 is 5.73 Å². The summed E-state index contributed by atoms with van der Waals surface area (Å²) in [4.78, 5) is 16.6. The molecule has 1 aliphatic rings. The molecule has 0 saturated carbocycles. The van der Waals surface area contributed by atoms with Gasteiger partial charge in [-0.3, -0.25) is 9.69 Å². The summed E-state index contributed by atoms with van der Waals surface area (Å²) in [7, 11) is 0. The monoisotopic (exact) mass is 287 g/mol. The summed E-state index contributed by atoms with van der Waals surface area (Å²) >= 11 is 0. The van der Waals surface area contributed by atoms with Crippen molar-refractivity contribution in [1.82, 2.24) is 9.80 Å². The summed E-state index contributed by atoms with van der Waals surface area (Å²) in [6, 6.07) is 7.38. The molecule has 1 fully saturated rings. The highest BCUT2D eigenvalue weighted by Gasteiger charge is 2.22. The predicted molar refractivity (Wildman–Crippen MR) is 81.8 cm³/mol. The third-order valence-electron chi connectivity index (χ3n) is 3.56. The lowest BCUT2D eigenvalue weighted by Crippen LogP contribution is -2.49. The number of hydrogen-bond acceptors (Lipinski definition) is 4. The van der Waals surface area contributed by atoms with E-state index in [1.165, 1.54) is 0 Å². The third-order valence-corrected chi connectivity index (χ3v) is 3.56. The van der Waals surface area contributed by atoms with Gasteiger partial charge in [-0.25, -0.2) is 0 Å². The minimum atomic E-state index is 0.0144. The van der Waals surface area contributed by atoms with Gasteiger partial charge in [-0.1, -0.05) is 24.0 Å². The molecule has 1 amide bonds. The minimum Gasteiger partial charge on any atom is -0.395 e. The Hall–Kier alpha value is -1.87. The molecule has 3 N–H and O–H groups in total. The van der Waals surface area contributed by atoms with Crippen molar-refractivity contribution in [3.05, 3.63) is 35.4 Å². The van der Waals surface area contributed by atoms with Gasteiger partial charge >= 0.3 is 0 Å². The number of aliphatic hydroxyl groups excluding tert-OH is 1. The van der Waals surface area contributed by atoms with Crippen LogP contribution in [0.1, 0.15) is 15.9 Å². The Morgan fingerprint density at radius 1 is 1.24 bits per heavy atom. The van der Waals surface area contributed by atoms with E-state index in [0.717, 1.165) is 18.7 Å². The molecule has 0 atom stereocenters. The molecule has 1 aromatic rings. The number of benzene rings is 1. The van der Waals surface area contributed by atoms with Crippen LogP contribution in [-0.4, -0.2) is 66.7 Å². The standard InChI is InChI=1S/C16H21N3O2/c17-7-3-5-14-4-1-2-6-15(14)16(21)19-10-8-18(9-11-19)12-13-20/h1-2,4,6,20H,7-13,17H2. The van der Waals surface area contributed by atoms with Gasteiger partial charge in [0.15, 0.2) is 0 Å². The van der Waals surface area contributed by atoms with Crippen molar-refractivity contribution in [2.75, 3.05) is 45.9 Å². The molecule has 0 radical (unpaired) electrons. The summed E-state index contributed by atoms with van der Waals surface area (Å²) < 4.78 is 0. The Kier molecular flexibility index (Phi) is 5.76. The lowest BCUT2D eigenvalue weighted by atomic mass is 10.1. The number of piperazine rings is 1. The van der Waals surface area contributed by atoms with Gasteiger partial charge in [0.1, 0.15) is 0 Å². The molecule has 0 aliphatic carbocycles. The van der Waals surface area contributed by atoms with Crippen molar-refractivity contribution in [2.45, 2.75) is 0 Å². The molecule has 1 saturated heterocycles. The zero-order valence-corrected chi connectivity index (χ0v) is 12.1. The van der Waals surface area contributed by atoms with E-state index in [2.05, 4.69) is 16.7 Å². The normalized spacial score (nSPS) is 15.4. The van der Waals surface area contributed by atoms with Crippen molar-refractivity contribution in [1.29, 1.82) is 0 Å². The average Bonchev–Trinajstić information content (AvgIpc) is 2.53. The number of aliphatic hydroxyl groups is 1. The lowest BCUT2D eigenvalue weighted by molar-refractivity contribution is 0.0615. The van der Waals surface area contributed by atoms with Gasteiger partial charge in [0.2, 0.25) is 0 Å². The van der Waals surface area contributed by atoms with Gasteiger partial charge in [-0.2, -0.15) is 0 Å². The van der Waals surface area contributed by atoms with E-state index in [-0.39, 0.29) is 19.1 Å². The number of carbonyl (C=O) groups excluding carboxylic acids is 1. The van der Waals surface area contributed by atoms with Gasteiger partial charge in [0, 0.05) is 38.3 Å². The molecule has 1 aromatic carbocycles. The molecule has 0 aromatic heterocycles. The second kappa shape index (κ2) is 7.79. The summed E-state index contributed by atoms with van der Waals surface area (Å²) in [5.74, 6) is 5.77. The fourth-order valence-corrected chi connectivity index (χ4v) is 2.41. The molecule has 1 aliphatic heterocycles. The van der Waals surface area contributed by atoms with E-state index in [0.29, 0.717) is 25.2 Å². The van der Waals surface area contributed by atoms with Crippen molar-refractivity contribution < 1.29 is 9.90 Å². The first-order chi connectivity index (χ1) is 10.3. The maximum Gasteiger partial charge on any atom is 0.255 e. The quantitative estimate of drug-likeness (QED) is 0.752. The van der Waals surface area contributed by atoms with Crippen LogP contribution in [0.15, 0.2) is 24.3 Å². The molecular weight excluding hydrogens is 266 g/mol. The Morgan fingerprint density at radius 3 is 2.62 bits per heavy atom. The number of β-amino-alcohol motifs (C(OH)–C–C–N with tert-alkyl or cyclic N) is 1. The average molecular weight is 287 g/mol. The Morgan fingerprint density at radius 2 is 1.95 bits per heavy atom. The molecule has 5 heteroatoms. The first-order valence-electron chi connectivity index (χ1n) is 7.16. The molecule has 0 unspecified atom stereocenters. The first-order valence-corrected chi connectivity index (χ1v) is 7.16. The largest absolute Gasteiger partial charge is 0.395 e. The Bertz CT molecular complexity index is 540. The number of nitrogens with two attached hydrogens (primary N) is 1. The zero-order valence-electron chi connectivity index (χ0n) is 12.1. The minimum absolute atomic E-state index is 0.0144. The van der Waals surface area contributed by atoms with Crippen LogP contribution in [0.5, 0.6) is 0 Å². The number of carbonyl (C=O) groups is 1. The molecule has 112 valence electrons. The molecule has 1 heterocycles. The third kappa shape index (κ3) is 4.05. The summed E-state index contributed by atoms with van der Waals surface area (Å²) in [5.41, 5.74) is 6.76. The Balaban J connectivity index is 2.07. The van der Waals surface area contributed by atoms with Crippen LogP contribution in [0.2, 0.25) is 0 Å². The van der Waals surface area contributed by atoms with E-state index in [9.17, 15) is 4.79 Å². The topological polar surface area (TPSA) is 69.8 Å². The van der Waals surface area contributed by atoms with E-state index in [4.69, 9.17) is 10.8 Å². The van der Waals surface area contributed by atoms with E-state index in [1.807, 2.05) is 29.2 Å². The van der Waals surface area contributed by atoms with Gasteiger partial charge in [-0.15, -0.1) is 0 Å². The fourth-order valence-electron chi connectivity index (χ4n) is 2.41. The maximum atomic E-state index is 12.6. The highest BCUT2D eigenvalue weighted by Crippen LogP contribution is 2.13. The first kappa shape index (κ1) is 15.5. The number of rotatable bonds is 3. The molecule has 2 rings (SSSR count). The summed E-state index contributed by atoms with van der Waals surface area (Å²) in [6.07, 6.45) is 0. The smallest absolute Gasteiger partial charge is 0.255 e. The van der Waals surface area contributed by atoms with Gasteiger partial charge < -0.3 is 15.7 Å². The van der Waals surface area contributed by atoms with Crippen LogP contribution >= 0.6 is 0 Å². The summed E-state index contributed by atoms with van der Waals surface area (Å²) in [5, 5.41) is 8.94. The van der Waals surface area contributed by atoms with Crippen molar-refractivity contribution >= 4 is 5.91 Å².